The Morgan fingerprint density at radius 2 is 2.04 bits per heavy atom. The molecule has 0 aliphatic carbocycles. The number of hydrogen-bond acceptors (Lipinski definition) is 4. The number of aromatic nitrogens is 3. The summed E-state index contributed by atoms with van der Waals surface area (Å²) < 4.78 is 1.63. The molecule has 0 radical (unpaired) electrons. The number of amides is 1. The summed E-state index contributed by atoms with van der Waals surface area (Å²) in [4.78, 5) is 18.1. The molecule has 3 aromatic rings. The van der Waals surface area contributed by atoms with Crippen molar-refractivity contribution >= 4 is 5.91 Å². The summed E-state index contributed by atoms with van der Waals surface area (Å²) in [6.45, 7) is 0.444. The molecule has 118 valence electrons. The average Bonchev–Trinajstić information content (AvgIpc) is 3.16. The van der Waals surface area contributed by atoms with Gasteiger partial charge in [-0.15, -0.1) is 0 Å². The average molecular weight is 317 g/mol. The fourth-order valence-electron chi connectivity index (χ4n) is 2.40. The van der Waals surface area contributed by atoms with Crippen molar-refractivity contribution in [3.63, 3.8) is 0 Å². The highest BCUT2D eigenvalue weighted by Crippen LogP contribution is 2.12. The molecule has 0 spiro atoms. The van der Waals surface area contributed by atoms with Crippen LogP contribution in [0.5, 0.6) is 0 Å². The summed E-state index contributed by atoms with van der Waals surface area (Å²) in [5.41, 5.74) is 2.95. The quantitative estimate of drug-likeness (QED) is 0.740. The number of benzene rings is 2. The fraction of sp³-hybridized carbons (Fsp3) is 0.111. The molecule has 3 rings (SSSR count). The third-order valence-electron chi connectivity index (χ3n) is 3.62. The Kier molecular flexibility index (Phi) is 4.34. The summed E-state index contributed by atoms with van der Waals surface area (Å²) >= 11 is 0. The van der Waals surface area contributed by atoms with Crippen LogP contribution < -0.4 is 0 Å². The fourth-order valence-corrected chi connectivity index (χ4v) is 2.40. The van der Waals surface area contributed by atoms with E-state index in [4.69, 9.17) is 5.26 Å². The van der Waals surface area contributed by atoms with Crippen molar-refractivity contribution in [2.45, 2.75) is 6.54 Å². The van der Waals surface area contributed by atoms with E-state index in [0.717, 1.165) is 11.3 Å². The molecule has 0 fully saturated rings. The number of nitrogens with zero attached hydrogens (tertiary/aromatic N) is 5. The molecule has 0 unspecified atom stereocenters. The second kappa shape index (κ2) is 6.75. The molecule has 0 N–H and O–H groups in total. The molecule has 0 saturated heterocycles. The highest BCUT2D eigenvalue weighted by atomic mass is 16.2. The van der Waals surface area contributed by atoms with Crippen molar-refractivity contribution in [3.05, 3.63) is 77.9 Å². The van der Waals surface area contributed by atoms with Gasteiger partial charge in [0.05, 0.1) is 17.3 Å². The Morgan fingerprint density at radius 3 is 2.71 bits per heavy atom. The number of carbonyl (C=O) groups excluding carboxylic acids is 1. The van der Waals surface area contributed by atoms with Crippen LogP contribution in [-0.4, -0.2) is 32.6 Å². The first-order valence-corrected chi connectivity index (χ1v) is 7.37. The Balaban J connectivity index is 1.72. The number of carbonyl (C=O) groups is 1. The molecule has 1 aromatic heterocycles. The molecule has 0 bridgehead atoms. The first kappa shape index (κ1) is 15.4. The molecule has 2 aromatic carbocycles. The Hall–Kier alpha value is -3.46. The molecule has 6 nitrogen and oxygen atoms in total. The number of hydrogen-bond donors (Lipinski definition) is 0. The van der Waals surface area contributed by atoms with E-state index < -0.39 is 0 Å². The zero-order valence-electron chi connectivity index (χ0n) is 13.1. The van der Waals surface area contributed by atoms with E-state index in [0.29, 0.717) is 17.7 Å². The molecular formula is C18H15N5O. The van der Waals surface area contributed by atoms with E-state index in [2.05, 4.69) is 16.2 Å². The number of rotatable bonds is 4. The van der Waals surface area contributed by atoms with Crippen LogP contribution in [-0.2, 0) is 6.54 Å². The molecular weight excluding hydrogens is 302 g/mol. The first-order chi connectivity index (χ1) is 11.7. The second-order valence-electron chi connectivity index (χ2n) is 5.36. The lowest BCUT2D eigenvalue weighted by atomic mass is 10.1. The predicted molar refractivity (Wildman–Crippen MR) is 88.3 cm³/mol. The van der Waals surface area contributed by atoms with E-state index in [-0.39, 0.29) is 5.91 Å². The minimum Gasteiger partial charge on any atom is -0.337 e. The van der Waals surface area contributed by atoms with E-state index >= 15 is 0 Å². The topological polar surface area (TPSA) is 74.8 Å². The van der Waals surface area contributed by atoms with Gasteiger partial charge in [-0.2, -0.15) is 10.4 Å². The van der Waals surface area contributed by atoms with Gasteiger partial charge in [0, 0.05) is 19.2 Å². The maximum absolute atomic E-state index is 12.5. The van der Waals surface area contributed by atoms with E-state index in [1.807, 2.05) is 24.3 Å². The maximum Gasteiger partial charge on any atom is 0.253 e. The first-order valence-electron chi connectivity index (χ1n) is 7.37. The molecule has 0 saturated carbocycles. The van der Waals surface area contributed by atoms with E-state index in [1.54, 1.807) is 47.2 Å². The van der Waals surface area contributed by atoms with E-state index in [9.17, 15) is 4.79 Å². The van der Waals surface area contributed by atoms with Crippen LogP contribution in [0.25, 0.3) is 5.69 Å². The molecule has 0 aliphatic rings. The summed E-state index contributed by atoms with van der Waals surface area (Å²) in [6.07, 6.45) is 3.06. The predicted octanol–water partition coefficient (Wildman–Crippen LogP) is 2.41. The lowest BCUT2D eigenvalue weighted by Gasteiger charge is -2.17. The maximum atomic E-state index is 12.5. The molecule has 24 heavy (non-hydrogen) atoms. The van der Waals surface area contributed by atoms with Crippen LogP contribution >= 0.6 is 0 Å². The highest BCUT2D eigenvalue weighted by Gasteiger charge is 2.12. The minimum atomic E-state index is -0.0810. The van der Waals surface area contributed by atoms with Gasteiger partial charge in [-0.25, -0.2) is 9.67 Å². The SMILES string of the molecule is CN(Cc1cccc(C#N)c1)C(=O)c1ccc(-n2cncn2)cc1. The van der Waals surface area contributed by atoms with Gasteiger partial charge in [-0.3, -0.25) is 4.79 Å². The third-order valence-corrected chi connectivity index (χ3v) is 3.62. The van der Waals surface area contributed by atoms with Crippen LogP contribution in [0.2, 0.25) is 0 Å². The molecule has 1 heterocycles. The second-order valence-corrected chi connectivity index (χ2v) is 5.36. The Morgan fingerprint density at radius 1 is 1.25 bits per heavy atom. The van der Waals surface area contributed by atoms with Crippen molar-refractivity contribution in [3.8, 4) is 11.8 Å². The van der Waals surface area contributed by atoms with Gasteiger partial charge in [-0.05, 0) is 42.0 Å². The van der Waals surface area contributed by atoms with Crippen LogP contribution in [0.1, 0.15) is 21.5 Å². The molecule has 1 amide bonds. The van der Waals surface area contributed by atoms with Crippen molar-refractivity contribution in [1.29, 1.82) is 5.26 Å². The van der Waals surface area contributed by atoms with Crippen molar-refractivity contribution in [2.75, 3.05) is 7.05 Å². The standard InChI is InChI=1S/C18H15N5O/c1-22(11-15-4-2-3-14(9-15)10-19)18(24)16-5-7-17(8-6-16)23-13-20-12-21-23/h2-9,12-13H,11H2,1H3. The van der Waals surface area contributed by atoms with Gasteiger partial charge < -0.3 is 4.90 Å². The normalized spacial score (nSPS) is 10.2. The molecule has 0 atom stereocenters. The lowest BCUT2D eigenvalue weighted by molar-refractivity contribution is 0.0785. The van der Waals surface area contributed by atoms with Crippen molar-refractivity contribution < 1.29 is 4.79 Å². The Bertz CT molecular complexity index is 879. The van der Waals surface area contributed by atoms with Gasteiger partial charge in [0.2, 0.25) is 0 Å². The zero-order valence-corrected chi connectivity index (χ0v) is 13.1. The molecule has 6 heteroatoms. The van der Waals surface area contributed by atoms with Crippen LogP contribution in [0.4, 0.5) is 0 Å². The lowest BCUT2D eigenvalue weighted by Crippen LogP contribution is -2.26. The summed E-state index contributed by atoms with van der Waals surface area (Å²) in [5, 5.41) is 13.0. The highest BCUT2D eigenvalue weighted by molar-refractivity contribution is 5.94. The largest absolute Gasteiger partial charge is 0.337 e. The summed E-state index contributed by atoms with van der Waals surface area (Å²) in [6, 6.07) is 16.5. The Labute approximate surface area is 139 Å². The van der Waals surface area contributed by atoms with Gasteiger partial charge in [0.25, 0.3) is 5.91 Å². The van der Waals surface area contributed by atoms with Crippen LogP contribution in [0, 0.1) is 11.3 Å². The molecule has 0 aliphatic heterocycles. The van der Waals surface area contributed by atoms with Crippen LogP contribution in [0.3, 0.4) is 0 Å². The van der Waals surface area contributed by atoms with Crippen LogP contribution in [0.15, 0.2) is 61.2 Å². The van der Waals surface area contributed by atoms with Gasteiger partial charge in [0.15, 0.2) is 0 Å². The summed E-state index contributed by atoms with van der Waals surface area (Å²) in [7, 11) is 1.74. The minimum absolute atomic E-state index is 0.0810. The van der Waals surface area contributed by atoms with Gasteiger partial charge in [-0.1, -0.05) is 12.1 Å². The third kappa shape index (κ3) is 3.31. The monoisotopic (exact) mass is 317 g/mol. The van der Waals surface area contributed by atoms with Gasteiger partial charge in [0.1, 0.15) is 12.7 Å². The summed E-state index contributed by atoms with van der Waals surface area (Å²) in [5.74, 6) is -0.0810. The van der Waals surface area contributed by atoms with Gasteiger partial charge >= 0.3 is 0 Å². The zero-order chi connectivity index (χ0) is 16.9. The van der Waals surface area contributed by atoms with Crippen molar-refractivity contribution in [2.24, 2.45) is 0 Å². The smallest absolute Gasteiger partial charge is 0.253 e. The number of nitriles is 1. The van der Waals surface area contributed by atoms with Crippen molar-refractivity contribution in [1.82, 2.24) is 19.7 Å². The van der Waals surface area contributed by atoms with E-state index in [1.165, 1.54) is 6.33 Å².